The first kappa shape index (κ1) is 15.0. The Kier molecular flexibility index (Phi) is 5.15. The van der Waals surface area contributed by atoms with Crippen molar-refractivity contribution in [3.8, 4) is 11.5 Å². The van der Waals surface area contributed by atoms with Gasteiger partial charge in [0.25, 0.3) is 0 Å². The first-order valence-electron chi connectivity index (χ1n) is 6.53. The van der Waals surface area contributed by atoms with Crippen LogP contribution < -0.4 is 10.1 Å². The van der Waals surface area contributed by atoms with Crippen molar-refractivity contribution in [2.24, 2.45) is 0 Å². The molecule has 0 spiro atoms. The Bertz CT molecular complexity index is 601. The van der Waals surface area contributed by atoms with Gasteiger partial charge in [-0.25, -0.2) is 4.39 Å². The normalized spacial score (nSPS) is 10.6. The van der Waals surface area contributed by atoms with Crippen LogP contribution in [0.3, 0.4) is 0 Å². The molecule has 0 saturated heterocycles. The van der Waals surface area contributed by atoms with Gasteiger partial charge in [0, 0.05) is 12.1 Å². The summed E-state index contributed by atoms with van der Waals surface area (Å²) in [6.45, 7) is 5.76. The second-order valence-corrected chi connectivity index (χ2v) is 5.42. The maximum atomic E-state index is 13.2. The molecule has 106 valence electrons. The van der Waals surface area contributed by atoms with Gasteiger partial charge < -0.3 is 10.1 Å². The van der Waals surface area contributed by atoms with Crippen molar-refractivity contribution in [1.82, 2.24) is 5.32 Å². The quantitative estimate of drug-likeness (QED) is 0.846. The minimum atomic E-state index is -0.297. The molecule has 2 aromatic carbocycles. The van der Waals surface area contributed by atoms with Crippen molar-refractivity contribution in [1.29, 1.82) is 0 Å². The highest BCUT2D eigenvalue weighted by molar-refractivity contribution is 9.10. The van der Waals surface area contributed by atoms with Gasteiger partial charge in [0.05, 0.1) is 4.47 Å². The number of halogens is 2. The molecule has 0 unspecified atom stereocenters. The molecule has 0 amide bonds. The predicted molar refractivity (Wildman–Crippen MR) is 82.7 cm³/mol. The van der Waals surface area contributed by atoms with Crippen LogP contribution in [0.2, 0.25) is 0 Å². The van der Waals surface area contributed by atoms with E-state index in [2.05, 4.69) is 34.2 Å². The maximum absolute atomic E-state index is 13.2. The van der Waals surface area contributed by atoms with Gasteiger partial charge in [0.15, 0.2) is 0 Å². The van der Waals surface area contributed by atoms with Crippen LogP contribution in [0.1, 0.15) is 18.1 Å². The van der Waals surface area contributed by atoms with Crippen LogP contribution in [0.5, 0.6) is 11.5 Å². The fraction of sp³-hybridized carbons (Fsp3) is 0.250. The van der Waals surface area contributed by atoms with Crippen LogP contribution in [-0.4, -0.2) is 6.54 Å². The number of aryl methyl sites for hydroxylation is 1. The minimum Gasteiger partial charge on any atom is -0.457 e. The molecule has 0 fully saturated rings. The minimum absolute atomic E-state index is 0.297. The molecule has 2 aromatic rings. The van der Waals surface area contributed by atoms with Gasteiger partial charge in [-0.3, -0.25) is 0 Å². The zero-order chi connectivity index (χ0) is 14.5. The van der Waals surface area contributed by atoms with Crippen LogP contribution in [-0.2, 0) is 6.54 Å². The SMILES string of the molecule is CCNCc1cc(C)ccc1Oc1ccc(F)c(Br)c1. The highest BCUT2D eigenvalue weighted by Gasteiger charge is 2.07. The summed E-state index contributed by atoms with van der Waals surface area (Å²) >= 11 is 3.16. The van der Waals surface area contributed by atoms with E-state index in [0.717, 1.165) is 24.4 Å². The zero-order valence-corrected chi connectivity index (χ0v) is 13.1. The predicted octanol–water partition coefficient (Wildman–Crippen LogP) is 4.80. The lowest BCUT2D eigenvalue weighted by molar-refractivity contribution is 0.470. The van der Waals surface area contributed by atoms with Gasteiger partial charge in [-0.2, -0.15) is 0 Å². The Hall–Kier alpha value is -1.39. The summed E-state index contributed by atoms with van der Waals surface area (Å²) in [6, 6.07) is 10.7. The number of rotatable bonds is 5. The van der Waals surface area contributed by atoms with Crippen LogP contribution >= 0.6 is 15.9 Å². The van der Waals surface area contributed by atoms with Gasteiger partial charge in [0.2, 0.25) is 0 Å². The third-order valence-corrected chi connectivity index (χ3v) is 3.51. The fourth-order valence-corrected chi connectivity index (χ4v) is 2.23. The molecule has 0 bridgehead atoms. The van der Waals surface area contributed by atoms with Crippen molar-refractivity contribution in [3.05, 3.63) is 57.8 Å². The average Bonchev–Trinajstić information content (AvgIpc) is 2.43. The number of benzene rings is 2. The lowest BCUT2D eigenvalue weighted by atomic mass is 10.1. The zero-order valence-electron chi connectivity index (χ0n) is 11.5. The van der Waals surface area contributed by atoms with Crippen LogP contribution in [0.4, 0.5) is 4.39 Å². The van der Waals surface area contributed by atoms with Gasteiger partial charge in [-0.1, -0.05) is 24.6 Å². The largest absolute Gasteiger partial charge is 0.457 e. The van der Waals surface area contributed by atoms with Gasteiger partial charge in [0.1, 0.15) is 17.3 Å². The van der Waals surface area contributed by atoms with E-state index in [0.29, 0.717) is 10.2 Å². The van der Waals surface area contributed by atoms with Crippen LogP contribution in [0.25, 0.3) is 0 Å². The highest BCUT2D eigenvalue weighted by Crippen LogP contribution is 2.29. The van der Waals surface area contributed by atoms with E-state index in [1.807, 2.05) is 19.1 Å². The number of nitrogens with one attached hydrogen (secondary N) is 1. The third-order valence-electron chi connectivity index (χ3n) is 2.90. The monoisotopic (exact) mass is 337 g/mol. The summed E-state index contributed by atoms with van der Waals surface area (Å²) in [5.74, 6) is 1.10. The van der Waals surface area contributed by atoms with E-state index in [1.54, 1.807) is 12.1 Å². The molecule has 1 N–H and O–H groups in total. The second kappa shape index (κ2) is 6.86. The van der Waals surface area contributed by atoms with Gasteiger partial charge >= 0.3 is 0 Å². The smallest absolute Gasteiger partial charge is 0.137 e. The van der Waals surface area contributed by atoms with E-state index < -0.39 is 0 Å². The molecule has 0 aliphatic rings. The number of hydrogen-bond donors (Lipinski definition) is 1. The van der Waals surface area contributed by atoms with Crippen molar-refractivity contribution < 1.29 is 9.13 Å². The lowest BCUT2D eigenvalue weighted by Gasteiger charge is -2.13. The molecule has 0 aliphatic carbocycles. The van der Waals surface area contributed by atoms with E-state index in [1.165, 1.54) is 11.6 Å². The molecule has 20 heavy (non-hydrogen) atoms. The van der Waals surface area contributed by atoms with Crippen LogP contribution in [0, 0.1) is 12.7 Å². The Balaban J connectivity index is 2.25. The highest BCUT2D eigenvalue weighted by atomic mass is 79.9. The molecular formula is C16H17BrFNO. The summed E-state index contributed by atoms with van der Waals surface area (Å²) in [6.07, 6.45) is 0. The van der Waals surface area contributed by atoms with Gasteiger partial charge in [-0.05, 0) is 53.7 Å². The average molecular weight is 338 g/mol. The number of hydrogen-bond acceptors (Lipinski definition) is 2. The Morgan fingerprint density at radius 3 is 2.70 bits per heavy atom. The van der Waals surface area contributed by atoms with E-state index in [-0.39, 0.29) is 5.82 Å². The molecular weight excluding hydrogens is 321 g/mol. The summed E-state index contributed by atoms with van der Waals surface area (Å²) in [5.41, 5.74) is 2.28. The first-order chi connectivity index (χ1) is 9.60. The molecule has 2 nitrogen and oxygen atoms in total. The fourth-order valence-electron chi connectivity index (χ4n) is 1.87. The summed E-state index contributed by atoms with van der Waals surface area (Å²) in [4.78, 5) is 0. The molecule has 4 heteroatoms. The van der Waals surface area contributed by atoms with E-state index in [4.69, 9.17) is 4.74 Å². The van der Waals surface area contributed by atoms with Crippen molar-refractivity contribution in [2.45, 2.75) is 20.4 Å². The van der Waals surface area contributed by atoms with Crippen molar-refractivity contribution >= 4 is 15.9 Å². The molecule has 0 atom stereocenters. The van der Waals surface area contributed by atoms with E-state index >= 15 is 0 Å². The standard InChI is InChI=1S/C16H17BrFNO/c1-3-19-10-12-8-11(2)4-7-16(12)20-13-5-6-15(18)14(17)9-13/h4-9,19H,3,10H2,1-2H3. The molecule has 2 rings (SSSR count). The summed E-state index contributed by atoms with van der Waals surface area (Å²) in [5, 5.41) is 3.29. The lowest BCUT2D eigenvalue weighted by Crippen LogP contribution is -2.12. The topological polar surface area (TPSA) is 21.3 Å². The maximum Gasteiger partial charge on any atom is 0.137 e. The Morgan fingerprint density at radius 2 is 2.00 bits per heavy atom. The van der Waals surface area contributed by atoms with Crippen LogP contribution in [0.15, 0.2) is 40.9 Å². The molecule has 0 saturated carbocycles. The first-order valence-corrected chi connectivity index (χ1v) is 7.32. The Labute approximate surface area is 127 Å². The van der Waals surface area contributed by atoms with Crippen molar-refractivity contribution in [3.63, 3.8) is 0 Å². The third kappa shape index (κ3) is 3.81. The van der Waals surface area contributed by atoms with E-state index in [9.17, 15) is 4.39 Å². The molecule has 0 radical (unpaired) electrons. The Morgan fingerprint density at radius 1 is 1.20 bits per heavy atom. The summed E-state index contributed by atoms with van der Waals surface area (Å²) < 4.78 is 19.5. The number of ether oxygens (including phenoxy) is 1. The van der Waals surface area contributed by atoms with Gasteiger partial charge in [-0.15, -0.1) is 0 Å². The molecule has 0 heterocycles. The molecule has 0 aromatic heterocycles. The molecule has 0 aliphatic heterocycles. The van der Waals surface area contributed by atoms with Crippen molar-refractivity contribution in [2.75, 3.05) is 6.54 Å². The summed E-state index contributed by atoms with van der Waals surface area (Å²) in [7, 11) is 0. The second-order valence-electron chi connectivity index (χ2n) is 4.57.